The molecule has 0 saturated heterocycles. The van der Waals surface area contributed by atoms with Crippen molar-refractivity contribution in [1.82, 2.24) is 10.3 Å². The van der Waals surface area contributed by atoms with Crippen LogP contribution in [0.4, 0.5) is 4.39 Å². The van der Waals surface area contributed by atoms with Crippen LogP contribution in [0.5, 0.6) is 11.5 Å². The molecule has 1 amide bonds. The summed E-state index contributed by atoms with van der Waals surface area (Å²) in [5, 5.41) is 3.52. The normalized spacial score (nSPS) is 11.0. The molecule has 0 atom stereocenters. The van der Waals surface area contributed by atoms with Gasteiger partial charge in [-0.25, -0.2) is 9.37 Å². The van der Waals surface area contributed by atoms with E-state index in [-0.39, 0.29) is 11.8 Å². The number of pyridine rings is 1. The van der Waals surface area contributed by atoms with Gasteiger partial charge in [-0.1, -0.05) is 60.7 Å². The number of aromatic nitrogens is 1. The molecule has 0 aliphatic carbocycles. The lowest BCUT2D eigenvalue weighted by Gasteiger charge is -2.19. The van der Waals surface area contributed by atoms with Crippen LogP contribution >= 0.6 is 0 Å². The summed E-state index contributed by atoms with van der Waals surface area (Å²) < 4.78 is 25.1. The second kappa shape index (κ2) is 11.8. The Morgan fingerprint density at radius 3 is 2.18 bits per heavy atom. The first-order valence-electron chi connectivity index (χ1n) is 12.8. The van der Waals surface area contributed by atoms with E-state index in [9.17, 15) is 9.18 Å². The Morgan fingerprint density at radius 1 is 0.846 bits per heavy atom. The molecular formula is C33H29FN2O3. The van der Waals surface area contributed by atoms with Gasteiger partial charge >= 0.3 is 0 Å². The highest BCUT2D eigenvalue weighted by Crippen LogP contribution is 2.34. The maximum atomic E-state index is 14.2. The van der Waals surface area contributed by atoms with Gasteiger partial charge in [-0.2, -0.15) is 0 Å². The van der Waals surface area contributed by atoms with Crippen molar-refractivity contribution in [3.8, 4) is 22.8 Å². The maximum Gasteiger partial charge on any atom is 0.252 e. The lowest BCUT2D eigenvalue weighted by atomic mass is 9.88. The first kappa shape index (κ1) is 25.9. The van der Waals surface area contributed by atoms with Gasteiger partial charge in [-0.15, -0.1) is 0 Å². The van der Waals surface area contributed by atoms with Gasteiger partial charge in [0, 0.05) is 29.5 Å². The number of nitrogens with zero attached hydrogens (tertiary/aromatic N) is 1. The minimum atomic E-state index is -0.429. The van der Waals surface area contributed by atoms with E-state index >= 15 is 0 Å². The maximum absolute atomic E-state index is 14.2. The van der Waals surface area contributed by atoms with Gasteiger partial charge in [0.2, 0.25) is 0 Å². The first-order valence-corrected chi connectivity index (χ1v) is 12.8. The number of ether oxygens (including phenoxy) is 2. The number of amides is 1. The lowest BCUT2D eigenvalue weighted by molar-refractivity contribution is 0.0954. The summed E-state index contributed by atoms with van der Waals surface area (Å²) in [5.74, 6) is 0.604. The predicted molar refractivity (Wildman–Crippen MR) is 152 cm³/mol. The van der Waals surface area contributed by atoms with Crippen molar-refractivity contribution in [3.05, 3.63) is 126 Å². The van der Waals surface area contributed by atoms with Gasteiger partial charge in [0.15, 0.2) is 0 Å². The van der Waals surface area contributed by atoms with Crippen molar-refractivity contribution >= 4 is 16.8 Å². The number of methoxy groups -OCH3 is 2. The van der Waals surface area contributed by atoms with Gasteiger partial charge in [0.25, 0.3) is 5.91 Å². The fraction of sp³-hybridized carbons (Fsp3) is 0.152. The van der Waals surface area contributed by atoms with Gasteiger partial charge < -0.3 is 14.8 Å². The quantitative estimate of drug-likeness (QED) is 0.227. The standard InChI is InChI=1S/C33H29FN2O3/c1-38-25-14-15-27(32(20-25)39-2)31-21-29(28-19-24(34)13-16-30(28)36-31)33(37)35-18-17-26(22-9-5-3-6-10-22)23-11-7-4-8-12-23/h3-16,19-21,26H,17-18H2,1-2H3,(H,35,37). The third-order valence-electron chi connectivity index (χ3n) is 6.82. The van der Waals surface area contributed by atoms with Crippen LogP contribution in [-0.4, -0.2) is 31.7 Å². The molecule has 196 valence electrons. The number of fused-ring (bicyclic) bond motifs is 1. The van der Waals surface area contributed by atoms with Crippen molar-refractivity contribution in [2.24, 2.45) is 0 Å². The van der Waals surface area contributed by atoms with Gasteiger partial charge in [0.1, 0.15) is 17.3 Å². The molecule has 6 heteroatoms. The first-order chi connectivity index (χ1) is 19.1. The van der Waals surface area contributed by atoms with Crippen molar-refractivity contribution in [2.45, 2.75) is 12.3 Å². The summed E-state index contributed by atoms with van der Waals surface area (Å²) in [6.45, 7) is 0.438. The zero-order chi connectivity index (χ0) is 27.2. The van der Waals surface area contributed by atoms with Crippen LogP contribution in [0.25, 0.3) is 22.2 Å². The minimum Gasteiger partial charge on any atom is -0.497 e. The Bertz CT molecular complexity index is 1550. The number of hydrogen-bond donors (Lipinski definition) is 1. The minimum absolute atomic E-state index is 0.124. The highest BCUT2D eigenvalue weighted by Gasteiger charge is 2.19. The Kier molecular flexibility index (Phi) is 7.83. The summed E-state index contributed by atoms with van der Waals surface area (Å²) in [4.78, 5) is 18.3. The van der Waals surface area contributed by atoms with Crippen molar-refractivity contribution in [3.63, 3.8) is 0 Å². The van der Waals surface area contributed by atoms with E-state index in [1.54, 1.807) is 38.5 Å². The lowest BCUT2D eigenvalue weighted by Crippen LogP contribution is -2.26. The van der Waals surface area contributed by atoms with E-state index in [0.717, 1.165) is 0 Å². The fourth-order valence-electron chi connectivity index (χ4n) is 4.86. The van der Waals surface area contributed by atoms with E-state index in [4.69, 9.17) is 14.5 Å². The van der Waals surface area contributed by atoms with Crippen molar-refractivity contribution in [1.29, 1.82) is 0 Å². The third kappa shape index (κ3) is 5.75. The molecule has 0 fully saturated rings. The van der Waals surface area contributed by atoms with E-state index < -0.39 is 5.82 Å². The molecule has 0 radical (unpaired) electrons. The molecular weight excluding hydrogens is 491 g/mol. The molecule has 0 bridgehead atoms. The predicted octanol–water partition coefficient (Wildman–Crippen LogP) is 7.01. The Morgan fingerprint density at radius 2 is 1.54 bits per heavy atom. The number of carbonyl (C=O) groups excluding carboxylic acids is 1. The van der Waals surface area contributed by atoms with Crippen LogP contribution in [0.1, 0.15) is 33.8 Å². The SMILES string of the molecule is COc1ccc(-c2cc(C(=O)NCCC(c3ccccc3)c3ccccc3)c3cc(F)ccc3n2)c(OC)c1. The fourth-order valence-corrected chi connectivity index (χ4v) is 4.86. The smallest absolute Gasteiger partial charge is 0.252 e. The summed E-state index contributed by atoms with van der Waals surface area (Å²) in [5.41, 5.74) is 4.48. The van der Waals surface area contributed by atoms with Crippen molar-refractivity contribution < 1.29 is 18.7 Å². The average molecular weight is 521 g/mol. The second-order valence-electron chi connectivity index (χ2n) is 9.20. The highest BCUT2D eigenvalue weighted by atomic mass is 19.1. The molecule has 1 heterocycles. The van der Waals surface area contributed by atoms with E-state index in [2.05, 4.69) is 29.6 Å². The zero-order valence-corrected chi connectivity index (χ0v) is 21.9. The summed E-state index contributed by atoms with van der Waals surface area (Å²) >= 11 is 0. The van der Waals surface area contributed by atoms with Crippen LogP contribution in [0.2, 0.25) is 0 Å². The van der Waals surface area contributed by atoms with Crippen LogP contribution in [-0.2, 0) is 0 Å². The summed E-state index contributed by atoms with van der Waals surface area (Å²) in [6, 6.07) is 31.9. The van der Waals surface area contributed by atoms with Crippen molar-refractivity contribution in [2.75, 3.05) is 20.8 Å². The monoisotopic (exact) mass is 520 g/mol. The highest BCUT2D eigenvalue weighted by molar-refractivity contribution is 6.07. The molecule has 0 saturated carbocycles. The van der Waals surface area contributed by atoms with E-state index in [0.29, 0.717) is 52.2 Å². The van der Waals surface area contributed by atoms with E-state index in [1.165, 1.54) is 23.3 Å². The number of halogens is 1. The molecule has 0 aliphatic heterocycles. The average Bonchev–Trinajstić information content (AvgIpc) is 2.99. The van der Waals surface area contributed by atoms with Crippen LogP contribution in [0, 0.1) is 5.82 Å². The summed E-state index contributed by atoms with van der Waals surface area (Å²) in [6.07, 6.45) is 0.705. The second-order valence-corrected chi connectivity index (χ2v) is 9.20. The van der Waals surface area contributed by atoms with Gasteiger partial charge in [-0.05, 0) is 53.9 Å². The number of hydrogen-bond acceptors (Lipinski definition) is 4. The van der Waals surface area contributed by atoms with Crippen LogP contribution in [0.15, 0.2) is 103 Å². The molecule has 0 aliphatic rings. The number of benzene rings is 4. The Hall–Kier alpha value is -4.71. The largest absolute Gasteiger partial charge is 0.497 e. The summed E-state index contributed by atoms with van der Waals surface area (Å²) in [7, 11) is 3.15. The van der Waals surface area contributed by atoms with E-state index in [1.807, 2.05) is 42.5 Å². The van der Waals surface area contributed by atoms with Crippen LogP contribution < -0.4 is 14.8 Å². The molecule has 5 rings (SSSR count). The topological polar surface area (TPSA) is 60.5 Å². The number of rotatable bonds is 9. The molecule has 1 N–H and O–H groups in total. The number of carbonyl (C=O) groups is 1. The molecule has 5 nitrogen and oxygen atoms in total. The molecule has 0 unspecified atom stereocenters. The third-order valence-corrected chi connectivity index (χ3v) is 6.82. The molecule has 4 aromatic carbocycles. The Balaban J connectivity index is 1.45. The zero-order valence-electron chi connectivity index (χ0n) is 21.9. The molecule has 5 aromatic rings. The molecule has 0 spiro atoms. The molecule has 39 heavy (non-hydrogen) atoms. The van der Waals surface area contributed by atoms with Gasteiger partial charge in [0.05, 0.1) is 31.0 Å². The number of nitrogens with one attached hydrogen (secondary N) is 1. The Labute approximate surface area is 227 Å². The van der Waals surface area contributed by atoms with Gasteiger partial charge in [-0.3, -0.25) is 4.79 Å². The molecule has 1 aromatic heterocycles. The van der Waals surface area contributed by atoms with Crippen LogP contribution in [0.3, 0.4) is 0 Å².